The Bertz CT molecular complexity index is 710. The number of aromatic nitrogens is 2. The molecule has 1 aromatic carbocycles. The monoisotopic (exact) mass is 344 g/mol. The number of rotatable bonds is 1. The van der Waals surface area contributed by atoms with E-state index in [-0.39, 0.29) is 6.07 Å². The lowest BCUT2D eigenvalue weighted by atomic mass is 10.1. The molecule has 0 spiro atoms. The predicted octanol–water partition coefficient (Wildman–Crippen LogP) is 4.97. The molecule has 0 aliphatic carbocycles. The van der Waals surface area contributed by atoms with Crippen molar-refractivity contribution in [2.24, 2.45) is 0 Å². The Labute approximate surface area is 123 Å². The Kier molecular flexibility index (Phi) is 4.03. The molecule has 0 N–H and O–H groups in total. The first-order chi connectivity index (χ1) is 9.98. The van der Waals surface area contributed by atoms with Crippen molar-refractivity contribution in [3.8, 4) is 11.3 Å². The first kappa shape index (κ1) is 16.5. The van der Waals surface area contributed by atoms with E-state index in [9.17, 15) is 30.7 Å². The van der Waals surface area contributed by atoms with E-state index in [2.05, 4.69) is 9.97 Å². The predicted molar refractivity (Wildman–Crippen MR) is 62.4 cm³/mol. The first-order valence-corrected chi connectivity index (χ1v) is 5.85. The molecule has 118 valence electrons. The molecule has 0 atom stereocenters. The maximum atomic E-state index is 13.7. The number of alkyl halides is 6. The van der Waals surface area contributed by atoms with Crippen molar-refractivity contribution in [1.82, 2.24) is 9.97 Å². The van der Waals surface area contributed by atoms with Gasteiger partial charge < -0.3 is 0 Å². The number of nitrogens with zero attached hydrogens (tertiary/aromatic N) is 2. The highest BCUT2D eigenvalue weighted by atomic mass is 35.5. The van der Waals surface area contributed by atoms with Gasteiger partial charge in [0.25, 0.3) is 0 Å². The average molecular weight is 345 g/mol. The van der Waals surface area contributed by atoms with Crippen molar-refractivity contribution in [2.45, 2.75) is 12.4 Å². The van der Waals surface area contributed by atoms with Crippen molar-refractivity contribution < 1.29 is 30.7 Å². The van der Waals surface area contributed by atoms with Crippen molar-refractivity contribution in [2.75, 3.05) is 0 Å². The zero-order valence-corrected chi connectivity index (χ0v) is 11.0. The topological polar surface area (TPSA) is 25.8 Å². The summed E-state index contributed by atoms with van der Waals surface area (Å²) in [5.74, 6) is -1.38. The van der Waals surface area contributed by atoms with Gasteiger partial charge in [0.1, 0.15) is 11.5 Å². The summed E-state index contributed by atoms with van der Waals surface area (Å²) >= 11 is 5.34. The molecule has 0 saturated carbocycles. The van der Waals surface area contributed by atoms with Gasteiger partial charge >= 0.3 is 12.4 Å². The van der Waals surface area contributed by atoms with Crippen LogP contribution in [0.1, 0.15) is 11.3 Å². The first-order valence-electron chi connectivity index (χ1n) is 5.47. The van der Waals surface area contributed by atoms with Crippen LogP contribution >= 0.6 is 11.6 Å². The number of hydrogen-bond acceptors (Lipinski definition) is 2. The summed E-state index contributed by atoms with van der Waals surface area (Å²) in [5.41, 5.74) is -3.83. The number of halogens is 8. The molecule has 0 amide bonds. The van der Waals surface area contributed by atoms with E-state index in [4.69, 9.17) is 11.6 Å². The molecule has 0 bridgehead atoms. The maximum Gasteiger partial charge on any atom is 0.433 e. The van der Waals surface area contributed by atoms with Crippen LogP contribution in [0.3, 0.4) is 0 Å². The van der Waals surface area contributed by atoms with Crippen LogP contribution in [-0.4, -0.2) is 9.97 Å². The van der Waals surface area contributed by atoms with E-state index >= 15 is 0 Å². The lowest BCUT2D eigenvalue weighted by Crippen LogP contribution is -2.10. The third-order valence-electron chi connectivity index (χ3n) is 2.56. The van der Waals surface area contributed by atoms with E-state index in [1.807, 2.05) is 0 Å². The standard InChI is InChI=1S/C12H4ClF7N2/c13-10-21-8(4-9(22-10)12(18,19)20)6-2-1-5(3-7(6)14)11(15,16)17/h1-4H. The van der Waals surface area contributed by atoms with Crippen molar-refractivity contribution >= 4 is 11.6 Å². The highest BCUT2D eigenvalue weighted by Crippen LogP contribution is 2.34. The van der Waals surface area contributed by atoms with Crippen molar-refractivity contribution in [3.63, 3.8) is 0 Å². The molecule has 2 rings (SSSR count). The van der Waals surface area contributed by atoms with Gasteiger partial charge in [-0.2, -0.15) is 26.3 Å². The van der Waals surface area contributed by atoms with Crippen LogP contribution in [0.15, 0.2) is 24.3 Å². The van der Waals surface area contributed by atoms with Crippen molar-refractivity contribution in [1.29, 1.82) is 0 Å². The highest BCUT2D eigenvalue weighted by molar-refractivity contribution is 6.28. The molecule has 0 radical (unpaired) electrons. The summed E-state index contributed by atoms with van der Waals surface area (Å²) in [6.07, 6.45) is -9.64. The van der Waals surface area contributed by atoms with Gasteiger partial charge in [0.05, 0.1) is 11.3 Å². The molecule has 22 heavy (non-hydrogen) atoms. The minimum atomic E-state index is -4.86. The molecule has 0 aliphatic heterocycles. The highest BCUT2D eigenvalue weighted by Gasteiger charge is 2.34. The van der Waals surface area contributed by atoms with Crippen LogP contribution in [0.4, 0.5) is 30.7 Å². The van der Waals surface area contributed by atoms with E-state index in [1.165, 1.54) is 0 Å². The molecule has 2 aromatic rings. The third-order valence-corrected chi connectivity index (χ3v) is 2.73. The summed E-state index contributed by atoms with van der Waals surface area (Å²) < 4.78 is 88.8. The SMILES string of the molecule is Fc1cc(C(F)(F)F)ccc1-c1cc(C(F)(F)F)nc(Cl)n1. The van der Waals surface area contributed by atoms with E-state index < -0.39 is 46.0 Å². The molecule has 0 unspecified atom stereocenters. The summed E-state index contributed by atoms with van der Waals surface area (Å²) in [6.45, 7) is 0. The second-order valence-electron chi connectivity index (χ2n) is 4.10. The Balaban J connectivity index is 2.55. The average Bonchev–Trinajstić information content (AvgIpc) is 2.35. The maximum absolute atomic E-state index is 13.7. The second-order valence-corrected chi connectivity index (χ2v) is 4.44. The van der Waals surface area contributed by atoms with Gasteiger partial charge in [0.15, 0.2) is 0 Å². The fourth-order valence-corrected chi connectivity index (χ4v) is 1.78. The lowest BCUT2D eigenvalue weighted by molar-refractivity contribution is -0.141. The molecule has 2 nitrogen and oxygen atoms in total. The number of hydrogen-bond donors (Lipinski definition) is 0. The van der Waals surface area contributed by atoms with E-state index in [0.717, 1.165) is 0 Å². The summed E-state index contributed by atoms with van der Waals surface area (Å²) in [7, 11) is 0. The van der Waals surface area contributed by atoms with Gasteiger partial charge in [-0.25, -0.2) is 14.4 Å². The van der Waals surface area contributed by atoms with Crippen molar-refractivity contribution in [3.05, 3.63) is 46.6 Å². The minimum Gasteiger partial charge on any atom is -0.218 e. The smallest absolute Gasteiger partial charge is 0.218 e. The Hall–Kier alpha value is -1.90. The Morgan fingerprint density at radius 3 is 2.00 bits per heavy atom. The number of benzene rings is 1. The minimum absolute atomic E-state index is 0.165. The Morgan fingerprint density at radius 2 is 1.50 bits per heavy atom. The fourth-order valence-electron chi connectivity index (χ4n) is 1.60. The van der Waals surface area contributed by atoms with Gasteiger partial charge in [-0.3, -0.25) is 0 Å². The van der Waals surface area contributed by atoms with Gasteiger partial charge in [0, 0.05) is 5.56 Å². The van der Waals surface area contributed by atoms with Crippen LogP contribution in [0.5, 0.6) is 0 Å². The zero-order chi connectivity index (χ0) is 16.7. The molecule has 0 fully saturated rings. The zero-order valence-electron chi connectivity index (χ0n) is 10.2. The lowest BCUT2D eigenvalue weighted by Gasteiger charge is -2.11. The second kappa shape index (κ2) is 5.38. The largest absolute Gasteiger partial charge is 0.433 e. The molecule has 1 aromatic heterocycles. The van der Waals surface area contributed by atoms with Crippen LogP contribution < -0.4 is 0 Å². The summed E-state index contributed by atoms with van der Waals surface area (Å²) in [6, 6.07) is 1.77. The molecular formula is C12H4ClF7N2. The Morgan fingerprint density at radius 1 is 0.864 bits per heavy atom. The molecule has 1 heterocycles. The van der Waals surface area contributed by atoms with Crippen LogP contribution in [0.2, 0.25) is 5.28 Å². The van der Waals surface area contributed by atoms with Crippen LogP contribution in [-0.2, 0) is 12.4 Å². The van der Waals surface area contributed by atoms with Gasteiger partial charge in [-0.1, -0.05) is 0 Å². The van der Waals surface area contributed by atoms with Crippen LogP contribution in [0.25, 0.3) is 11.3 Å². The summed E-state index contributed by atoms with van der Waals surface area (Å²) in [5, 5.41) is -0.802. The van der Waals surface area contributed by atoms with Gasteiger partial charge in [0.2, 0.25) is 5.28 Å². The van der Waals surface area contributed by atoms with Gasteiger partial charge in [-0.15, -0.1) is 0 Å². The molecular weight excluding hydrogens is 341 g/mol. The summed E-state index contributed by atoms with van der Waals surface area (Å²) in [4.78, 5) is 6.35. The normalized spacial score (nSPS) is 12.5. The third kappa shape index (κ3) is 3.46. The van der Waals surface area contributed by atoms with Crippen LogP contribution in [0, 0.1) is 5.82 Å². The molecule has 0 aliphatic rings. The quantitative estimate of drug-likeness (QED) is 0.539. The molecule has 10 heteroatoms. The van der Waals surface area contributed by atoms with E-state index in [0.29, 0.717) is 18.2 Å². The van der Waals surface area contributed by atoms with Gasteiger partial charge in [-0.05, 0) is 35.9 Å². The van der Waals surface area contributed by atoms with E-state index in [1.54, 1.807) is 0 Å². The molecule has 0 saturated heterocycles. The fraction of sp³-hybridized carbons (Fsp3) is 0.167.